The maximum Gasteiger partial charge on any atom is 0.237 e. The third kappa shape index (κ3) is 8.59. The molecule has 0 spiro atoms. The van der Waals surface area contributed by atoms with Crippen molar-refractivity contribution in [2.45, 2.75) is 40.5 Å². The lowest BCUT2D eigenvalue weighted by molar-refractivity contribution is -0.136. The molecule has 0 saturated heterocycles. The molecule has 0 aliphatic carbocycles. The van der Waals surface area contributed by atoms with E-state index in [0.29, 0.717) is 31.3 Å². The van der Waals surface area contributed by atoms with Crippen molar-refractivity contribution in [3.05, 3.63) is 0 Å². The van der Waals surface area contributed by atoms with E-state index >= 15 is 0 Å². The molecule has 0 fully saturated rings. The van der Waals surface area contributed by atoms with Gasteiger partial charge >= 0.3 is 0 Å². The second kappa shape index (κ2) is 8.91. The standard InChI is InChI=1S/C14H29N3O2/c1-10(2)5-12(7-15)6-14(19)17(8-11(3)4)9-13(16)18/h10-12H,5-9,15H2,1-4H3,(H2,16,18). The van der Waals surface area contributed by atoms with E-state index in [2.05, 4.69) is 13.8 Å². The van der Waals surface area contributed by atoms with Gasteiger partial charge in [0, 0.05) is 13.0 Å². The average Bonchev–Trinajstić information content (AvgIpc) is 2.25. The number of carbonyl (C=O) groups is 2. The van der Waals surface area contributed by atoms with Crippen LogP contribution in [0.5, 0.6) is 0 Å². The summed E-state index contributed by atoms with van der Waals surface area (Å²) in [6, 6.07) is 0. The van der Waals surface area contributed by atoms with Gasteiger partial charge in [-0.15, -0.1) is 0 Å². The molecule has 0 bridgehead atoms. The van der Waals surface area contributed by atoms with Gasteiger partial charge < -0.3 is 16.4 Å². The fraction of sp³-hybridized carbons (Fsp3) is 0.857. The van der Waals surface area contributed by atoms with Crippen LogP contribution in [0.2, 0.25) is 0 Å². The summed E-state index contributed by atoms with van der Waals surface area (Å²) in [6.07, 6.45) is 1.32. The van der Waals surface area contributed by atoms with Crippen molar-refractivity contribution in [3.8, 4) is 0 Å². The Balaban J connectivity index is 4.55. The fourth-order valence-electron chi connectivity index (χ4n) is 2.19. The molecule has 0 radical (unpaired) electrons. The molecule has 1 unspecified atom stereocenters. The predicted molar refractivity (Wildman–Crippen MR) is 77.2 cm³/mol. The van der Waals surface area contributed by atoms with Crippen LogP contribution in [0.15, 0.2) is 0 Å². The molecule has 2 amide bonds. The largest absolute Gasteiger partial charge is 0.368 e. The van der Waals surface area contributed by atoms with Crippen LogP contribution in [0.3, 0.4) is 0 Å². The molecule has 0 saturated carbocycles. The van der Waals surface area contributed by atoms with E-state index in [1.165, 1.54) is 0 Å². The lowest BCUT2D eigenvalue weighted by Crippen LogP contribution is -2.41. The zero-order valence-corrected chi connectivity index (χ0v) is 12.7. The summed E-state index contributed by atoms with van der Waals surface area (Å²) < 4.78 is 0. The summed E-state index contributed by atoms with van der Waals surface area (Å²) in [4.78, 5) is 24.8. The van der Waals surface area contributed by atoms with Gasteiger partial charge in [-0.2, -0.15) is 0 Å². The van der Waals surface area contributed by atoms with Gasteiger partial charge in [-0.25, -0.2) is 0 Å². The van der Waals surface area contributed by atoms with E-state index in [1.54, 1.807) is 4.90 Å². The monoisotopic (exact) mass is 271 g/mol. The van der Waals surface area contributed by atoms with Crippen molar-refractivity contribution in [3.63, 3.8) is 0 Å². The Bertz CT molecular complexity index is 290. The molecule has 0 heterocycles. The topological polar surface area (TPSA) is 89.4 Å². The van der Waals surface area contributed by atoms with Crippen LogP contribution < -0.4 is 11.5 Å². The van der Waals surface area contributed by atoms with Gasteiger partial charge in [0.1, 0.15) is 0 Å². The van der Waals surface area contributed by atoms with Gasteiger partial charge in [0.15, 0.2) is 0 Å². The van der Waals surface area contributed by atoms with Gasteiger partial charge in [0.05, 0.1) is 6.54 Å². The highest BCUT2D eigenvalue weighted by Gasteiger charge is 2.21. The van der Waals surface area contributed by atoms with E-state index in [0.717, 1.165) is 6.42 Å². The van der Waals surface area contributed by atoms with Crippen LogP contribution >= 0.6 is 0 Å². The molecule has 4 N–H and O–H groups in total. The van der Waals surface area contributed by atoms with E-state index in [4.69, 9.17) is 11.5 Å². The van der Waals surface area contributed by atoms with Gasteiger partial charge in [-0.1, -0.05) is 27.7 Å². The first-order chi connectivity index (χ1) is 8.76. The molecule has 0 aliphatic heterocycles. The quantitative estimate of drug-likeness (QED) is 0.654. The summed E-state index contributed by atoms with van der Waals surface area (Å²) in [5.41, 5.74) is 10.9. The molecular formula is C14H29N3O2. The zero-order valence-electron chi connectivity index (χ0n) is 12.7. The Morgan fingerprint density at radius 1 is 1.11 bits per heavy atom. The first-order valence-electron chi connectivity index (χ1n) is 7.02. The Hall–Kier alpha value is -1.10. The smallest absolute Gasteiger partial charge is 0.237 e. The highest BCUT2D eigenvalue weighted by atomic mass is 16.2. The van der Waals surface area contributed by atoms with Crippen LogP contribution in [-0.4, -0.2) is 36.3 Å². The van der Waals surface area contributed by atoms with Crippen LogP contribution in [0.4, 0.5) is 0 Å². The van der Waals surface area contributed by atoms with E-state index in [9.17, 15) is 9.59 Å². The van der Waals surface area contributed by atoms with E-state index in [-0.39, 0.29) is 18.4 Å². The fourth-order valence-corrected chi connectivity index (χ4v) is 2.19. The Labute approximate surface area is 116 Å². The molecule has 0 aromatic carbocycles. The van der Waals surface area contributed by atoms with Crippen molar-refractivity contribution >= 4 is 11.8 Å². The molecule has 5 nitrogen and oxygen atoms in total. The maximum atomic E-state index is 12.2. The minimum Gasteiger partial charge on any atom is -0.368 e. The summed E-state index contributed by atoms with van der Waals surface area (Å²) in [5, 5.41) is 0. The number of hydrogen-bond acceptors (Lipinski definition) is 3. The third-order valence-corrected chi connectivity index (χ3v) is 2.89. The van der Waals surface area contributed by atoms with Crippen molar-refractivity contribution in [2.24, 2.45) is 29.2 Å². The van der Waals surface area contributed by atoms with Crippen LogP contribution in [0.1, 0.15) is 40.5 Å². The summed E-state index contributed by atoms with van der Waals surface area (Å²) in [5.74, 6) is 0.501. The SMILES string of the molecule is CC(C)CC(CN)CC(=O)N(CC(N)=O)CC(C)C. The molecule has 19 heavy (non-hydrogen) atoms. The van der Waals surface area contributed by atoms with Crippen molar-refractivity contribution in [1.82, 2.24) is 4.90 Å². The predicted octanol–water partition coefficient (Wildman–Crippen LogP) is 0.967. The first kappa shape index (κ1) is 17.9. The minimum absolute atomic E-state index is 0.00398. The minimum atomic E-state index is -0.470. The number of hydrogen-bond donors (Lipinski definition) is 2. The van der Waals surface area contributed by atoms with Gasteiger partial charge in [0.25, 0.3) is 0 Å². The van der Waals surface area contributed by atoms with E-state index in [1.807, 2.05) is 13.8 Å². The van der Waals surface area contributed by atoms with Crippen molar-refractivity contribution < 1.29 is 9.59 Å². The van der Waals surface area contributed by atoms with Gasteiger partial charge in [-0.3, -0.25) is 9.59 Å². The number of carbonyl (C=O) groups excluding carboxylic acids is 2. The van der Waals surface area contributed by atoms with Gasteiger partial charge in [-0.05, 0) is 30.7 Å². The normalized spacial score (nSPS) is 12.8. The molecule has 0 aromatic rings. The molecule has 0 aromatic heterocycles. The second-order valence-corrected chi connectivity index (χ2v) is 6.07. The number of rotatable bonds is 9. The number of nitrogens with two attached hydrogens (primary N) is 2. The summed E-state index contributed by atoms with van der Waals surface area (Å²) >= 11 is 0. The van der Waals surface area contributed by atoms with Crippen LogP contribution in [0, 0.1) is 17.8 Å². The molecule has 112 valence electrons. The number of nitrogens with zero attached hydrogens (tertiary/aromatic N) is 1. The summed E-state index contributed by atoms with van der Waals surface area (Å²) in [7, 11) is 0. The first-order valence-corrected chi connectivity index (χ1v) is 7.02. The Morgan fingerprint density at radius 3 is 2.05 bits per heavy atom. The van der Waals surface area contributed by atoms with Gasteiger partial charge in [0.2, 0.25) is 11.8 Å². The maximum absolute atomic E-state index is 12.2. The highest BCUT2D eigenvalue weighted by molar-refractivity contribution is 5.83. The highest BCUT2D eigenvalue weighted by Crippen LogP contribution is 2.16. The number of primary amides is 1. The lowest BCUT2D eigenvalue weighted by Gasteiger charge is -2.26. The molecule has 0 aliphatic rings. The summed E-state index contributed by atoms with van der Waals surface area (Å²) in [6.45, 7) is 9.29. The molecule has 5 heteroatoms. The average molecular weight is 271 g/mol. The molecule has 1 atom stereocenters. The number of amides is 2. The molecule has 0 rings (SSSR count). The Kier molecular flexibility index (Phi) is 8.39. The van der Waals surface area contributed by atoms with Crippen molar-refractivity contribution in [1.29, 1.82) is 0 Å². The lowest BCUT2D eigenvalue weighted by atomic mass is 9.93. The zero-order chi connectivity index (χ0) is 15.0. The Morgan fingerprint density at radius 2 is 1.68 bits per heavy atom. The molecular weight excluding hydrogens is 242 g/mol. The van der Waals surface area contributed by atoms with E-state index < -0.39 is 5.91 Å². The second-order valence-electron chi connectivity index (χ2n) is 6.07. The third-order valence-electron chi connectivity index (χ3n) is 2.89. The van der Waals surface area contributed by atoms with Crippen LogP contribution in [-0.2, 0) is 9.59 Å². The van der Waals surface area contributed by atoms with Crippen molar-refractivity contribution in [2.75, 3.05) is 19.6 Å². The van der Waals surface area contributed by atoms with Crippen LogP contribution in [0.25, 0.3) is 0 Å².